The second kappa shape index (κ2) is 9.89. The van der Waals surface area contributed by atoms with Crippen molar-refractivity contribution in [2.75, 3.05) is 0 Å². The van der Waals surface area contributed by atoms with Gasteiger partial charge in [0, 0.05) is 0 Å². The van der Waals surface area contributed by atoms with E-state index in [1.807, 2.05) is 0 Å². The lowest BCUT2D eigenvalue weighted by Gasteiger charge is -2.11. The SMILES string of the molecule is CCc1cccc(-c2ccc(-c3cccc4c3Cc3c(-c5ccc(-c6ccccc6)cc5)cccc3-4)cc2)c1. The fourth-order valence-electron chi connectivity index (χ4n) is 6.06. The lowest BCUT2D eigenvalue weighted by atomic mass is 9.93. The molecule has 0 radical (unpaired) electrons. The van der Waals surface area contributed by atoms with Crippen LogP contribution in [0.25, 0.3) is 55.6 Å². The molecule has 39 heavy (non-hydrogen) atoms. The molecule has 0 fully saturated rings. The van der Waals surface area contributed by atoms with Crippen LogP contribution in [0.15, 0.2) is 140 Å². The van der Waals surface area contributed by atoms with E-state index in [2.05, 4.69) is 146 Å². The maximum absolute atomic E-state index is 2.31. The quantitative estimate of drug-likeness (QED) is 0.221. The van der Waals surface area contributed by atoms with E-state index in [1.165, 1.54) is 72.3 Å². The average molecular weight is 499 g/mol. The summed E-state index contributed by atoms with van der Waals surface area (Å²) in [4.78, 5) is 0. The van der Waals surface area contributed by atoms with Crippen molar-refractivity contribution >= 4 is 0 Å². The third-order valence-electron chi connectivity index (χ3n) is 8.16. The molecular formula is C39H30. The molecule has 0 atom stereocenters. The Morgan fingerprint density at radius 1 is 0.385 bits per heavy atom. The van der Waals surface area contributed by atoms with Gasteiger partial charge in [-0.1, -0.05) is 146 Å². The Morgan fingerprint density at radius 3 is 1.38 bits per heavy atom. The third kappa shape index (κ3) is 4.29. The number of hydrogen-bond acceptors (Lipinski definition) is 0. The van der Waals surface area contributed by atoms with Gasteiger partial charge in [0.1, 0.15) is 0 Å². The molecule has 6 aromatic carbocycles. The van der Waals surface area contributed by atoms with Crippen molar-refractivity contribution in [3.63, 3.8) is 0 Å². The molecule has 1 aliphatic rings. The molecule has 0 nitrogen and oxygen atoms in total. The molecule has 0 saturated carbocycles. The summed E-state index contributed by atoms with van der Waals surface area (Å²) < 4.78 is 0. The van der Waals surface area contributed by atoms with Crippen LogP contribution in [0.2, 0.25) is 0 Å². The molecule has 0 amide bonds. The lowest BCUT2D eigenvalue weighted by Crippen LogP contribution is -1.90. The maximum atomic E-state index is 2.31. The van der Waals surface area contributed by atoms with E-state index in [4.69, 9.17) is 0 Å². The summed E-state index contributed by atoms with van der Waals surface area (Å²) in [6.07, 6.45) is 2.01. The van der Waals surface area contributed by atoms with Gasteiger partial charge in [0.05, 0.1) is 0 Å². The number of hydrogen-bond donors (Lipinski definition) is 0. The van der Waals surface area contributed by atoms with Gasteiger partial charge in [0.15, 0.2) is 0 Å². The molecule has 7 rings (SSSR count). The van der Waals surface area contributed by atoms with Gasteiger partial charge in [0.2, 0.25) is 0 Å². The molecule has 0 heterocycles. The normalized spacial score (nSPS) is 11.7. The molecule has 0 N–H and O–H groups in total. The highest BCUT2D eigenvalue weighted by molar-refractivity contribution is 5.90. The predicted molar refractivity (Wildman–Crippen MR) is 166 cm³/mol. The molecule has 0 aromatic heterocycles. The molecule has 186 valence electrons. The smallest absolute Gasteiger partial charge is 0.000112 e. The summed E-state index contributed by atoms with van der Waals surface area (Å²) in [6.45, 7) is 2.21. The minimum Gasteiger partial charge on any atom is -0.0622 e. The Labute approximate surface area is 231 Å². The van der Waals surface area contributed by atoms with Crippen molar-refractivity contribution in [1.82, 2.24) is 0 Å². The minimum absolute atomic E-state index is 0.956. The molecule has 0 heteroatoms. The zero-order chi connectivity index (χ0) is 26.2. The zero-order valence-electron chi connectivity index (χ0n) is 22.2. The minimum atomic E-state index is 0.956. The molecule has 0 spiro atoms. The number of benzene rings is 6. The van der Waals surface area contributed by atoms with Crippen molar-refractivity contribution in [2.45, 2.75) is 19.8 Å². The van der Waals surface area contributed by atoms with E-state index in [1.54, 1.807) is 0 Å². The van der Waals surface area contributed by atoms with E-state index in [-0.39, 0.29) is 0 Å². The average Bonchev–Trinajstić information content (AvgIpc) is 3.41. The fourth-order valence-corrected chi connectivity index (χ4v) is 6.06. The molecule has 0 bridgehead atoms. The topological polar surface area (TPSA) is 0 Å². The van der Waals surface area contributed by atoms with Crippen LogP contribution in [0.5, 0.6) is 0 Å². The molecule has 6 aromatic rings. The van der Waals surface area contributed by atoms with Crippen molar-refractivity contribution in [3.8, 4) is 55.6 Å². The van der Waals surface area contributed by atoms with Crippen LogP contribution in [0.1, 0.15) is 23.6 Å². The van der Waals surface area contributed by atoms with Crippen molar-refractivity contribution < 1.29 is 0 Å². The predicted octanol–water partition coefficient (Wildman–Crippen LogP) is 10.5. The van der Waals surface area contributed by atoms with Crippen LogP contribution in [-0.2, 0) is 12.8 Å². The summed E-state index contributed by atoms with van der Waals surface area (Å²) in [7, 11) is 0. The van der Waals surface area contributed by atoms with Crippen LogP contribution in [0.3, 0.4) is 0 Å². The Hall–Kier alpha value is -4.68. The van der Waals surface area contributed by atoms with Crippen LogP contribution >= 0.6 is 0 Å². The molecule has 0 aliphatic heterocycles. The standard InChI is InChI=1S/C39H30/c1-2-27-9-6-12-33(25-27)30-19-23-32(24-20-30)35-14-8-16-37-36-15-7-13-34(38(36)26-39(35)37)31-21-17-29(18-22-31)28-10-4-3-5-11-28/h3-25H,2,26H2,1H3. The van der Waals surface area contributed by atoms with Crippen molar-refractivity contribution in [2.24, 2.45) is 0 Å². The molecular weight excluding hydrogens is 468 g/mol. The van der Waals surface area contributed by atoms with Gasteiger partial charge in [0.25, 0.3) is 0 Å². The zero-order valence-corrected chi connectivity index (χ0v) is 22.2. The summed E-state index contributed by atoms with van der Waals surface area (Å²) in [5.74, 6) is 0. The highest BCUT2D eigenvalue weighted by atomic mass is 14.3. The van der Waals surface area contributed by atoms with E-state index in [0.29, 0.717) is 0 Å². The van der Waals surface area contributed by atoms with E-state index in [0.717, 1.165) is 12.8 Å². The van der Waals surface area contributed by atoms with Gasteiger partial charge < -0.3 is 0 Å². The van der Waals surface area contributed by atoms with Gasteiger partial charge in [-0.15, -0.1) is 0 Å². The first-order chi connectivity index (χ1) is 19.3. The van der Waals surface area contributed by atoms with Gasteiger partial charge >= 0.3 is 0 Å². The summed E-state index contributed by atoms with van der Waals surface area (Å²) in [6, 6.07) is 51.2. The molecule has 1 aliphatic carbocycles. The van der Waals surface area contributed by atoms with Crippen molar-refractivity contribution in [1.29, 1.82) is 0 Å². The first-order valence-electron chi connectivity index (χ1n) is 13.9. The first kappa shape index (κ1) is 23.4. The number of fused-ring (bicyclic) bond motifs is 3. The van der Waals surface area contributed by atoms with Gasteiger partial charge in [-0.05, 0) is 85.2 Å². The third-order valence-corrected chi connectivity index (χ3v) is 8.16. The van der Waals surface area contributed by atoms with Gasteiger partial charge in [-0.3, -0.25) is 0 Å². The molecule has 0 unspecified atom stereocenters. The van der Waals surface area contributed by atoms with Crippen LogP contribution in [0.4, 0.5) is 0 Å². The fraction of sp³-hybridized carbons (Fsp3) is 0.0769. The second-order valence-electron chi connectivity index (χ2n) is 10.4. The number of rotatable bonds is 5. The lowest BCUT2D eigenvalue weighted by molar-refractivity contribution is 1.14. The second-order valence-corrected chi connectivity index (χ2v) is 10.4. The maximum Gasteiger partial charge on any atom is -0.000112 e. The monoisotopic (exact) mass is 498 g/mol. The summed E-state index contributed by atoms with van der Waals surface area (Å²) in [5, 5.41) is 0. The first-order valence-corrected chi connectivity index (χ1v) is 13.9. The Bertz CT molecular complexity index is 1770. The number of aryl methyl sites for hydroxylation is 1. The van der Waals surface area contributed by atoms with E-state index >= 15 is 0 Å². The summed E-state index contributed by atoms with van der Waals surface area (Å²) in [5.41, 5.74) is 17.3. The van der Waals surface area contributed by atoms with Crippen molar-refractivity contribution in [3.05, 3.63) is 156 Å². The Kier molecular flexibility index (Phi) is 5.94. The van der Waals surface area contributed by atoms with E-state index < -0.39 is 0 Å². The largest absolute Gasteiger partial charge is 0.0622 e. The Morgan fingerprint density at radius 2 is 0.821 bits per heavy atom. The highest BCUT2D eigenvalue weighted by Crippen LogP contribution is 2.45. The molecule has 0 saturated heterocycles. The van der Waals surface area contributed by atoms with Gasteiger partial charge in [-0.2, -0.15) is 0 Å². The highest BCUT2D eigenvalue weighted by Gasteiger charge is 2.24. The van der Waals surface area contributed by atoms with Gasteiger partial charge in [-0.25, -0.2) is 0 Å². The Balaban J connectivity index is 1.22. The van der Waals surface area contributed by atoms with Crippen LogP contribution < -0.4 is 0 Å². The van der Waals surface area contributed by atoms with Crippen LogP contribution in [-0.4, -0.2) is 0 Å². The van der Waals surface area contributed by atoms with E-state index in [9.17, 15) is 0 Å². The van der Waals surface area contributed by atoms with Crippen LogP contribution in [0, 0.1) is 0 Å². The summed E-state index contributed by atoms with van der Waals surface area (Å²) >= 11 is 0.